The average Bonchev–Trinajstić information content (AvgIpc) is 2.74. The first-order chi connectivity index (χ1) is 14.8. The Morgan fingerprint density at radius 2 is 1.87 bits per heavy atom. The summed E-state index contributed by atoms with van der Waals surface area (Å²) in [7, 11) is 1.56. The summed E-state index contributed by atoms with van der Waals surface area (Å²) in [6, 6.07) is 10.4. The third kappa shape index (κ3) is 4.91. The molecule has 1 aliphatic rings. The van der Waals surface area contributed by atoms with Crippen molar-refractivity contribution in [1.82, 2.24) is 10.6 Å². The molecular weight excluding hydrogens is 400 g/mol. The molecule has 0 bridgehead atoms. The topological polar surface area (TPSA) is 106 Å². The first-order valence-corrected chi connectivity index (χ1v) is 9.96. The second-order valence-corrected chi connectivity index (χ2v) is 7.16. The van der Waals surface area contributed by atoms with E-state index in [4.69, 9.17) is 14.2 Å². The van der Waals surface area contributed by atoms with Gasteiger partial charge in [0.25, 0.3) is 0 Å². The summed E-state index contributed by atoms with van der Waals surface area (Å²) in [4.78, 5) is 25.6. The smallest absolute Gasteiger partial charge is 0.338 e. The van der Waals surface area contributed by atoms with Crippen LogP contribution in [0.5, 0.6) is 17.2 Å². The molecule has 1 atom stereocenters. The number of phenols is 1. The number of methoxy groups -OCH3 is 1. The van der Waals surface area contributed by atoms with Crippen LogP contribution in [0, 0.1) is 0 Å². The van der Waals surface area contributed by atoms with Gasteiger partial charge in [-0.1, -0.05) is 6.07 Å². The molecule has 0 saturated heterocycles. The van der Waals surface area contributed by atoms with Gasteiger partial charge in [-0.2, -0.15) is 0 Å². The maximum absolute atomic E-state index is 13.1. The summed E-state index contributed by atoms with van der Waals surface area (Å²) in [5.74, 6) is 0.309. The lowest BCUT2D eigenvalue weighted by molar-refractivity contribution is -0.143. The number of phenolic OH excluding ortho intramolecular Hbond substituents is 1. The van der Waals surface area contributed by atoms with Gasteiger partial charge in [-0.15, -0.1) is 0 Å². The lowest BCUT2D eigenvalue weighted by atomic mass is 9.92. The standard InChI is InChI=1S/C23H26N2O6/c1-5-30-18-12-15(8-11-17(18)26)21-19(22(27)31-13(2)3)20(24-23(28)25-21)14-6-9-16(29-4)10-7-14/h6-13,21,26H,5H2,1-4H3,(H2,24,25,28). The summed E-state index contributed by atoms with van der Waals surface area (Å²) < 4.78 is 16.1. The minimum absolute atomic E-state index is 0.0310. The first-order valence-electron chi connectivity index (χ1n) is 9.96. The number of benzene rings is 2. The van der Waals surface area contributed by atoms with E-state index < -0.39 is 18.0 Å². The number of amides is 2. The van der Waals surface area contributed by atoms with Gasteiger partial charge in [0.15, 0.2) is 11.5 Å². The highest BCUT2D eigenvalue weighted by Crippen LogP contribution is 2.36. The fourth-order valence-corrected chi connectivity index (χ4v) is 3.28. The fraction of sp³-hybridized carbons (Fsp3) is 0.304. The number of ether oxygens (including phenoxy) is 3. The van der Waals surface area contributed by atoms with Gasteiger partial charge < -0.3 is 30.0 Å². The van der Waals surface area contributed by atoms with Crippen molar-refractivity contribution in [2.24, 2.45) is 0 Å². The van der Waals surface area contributed by atoms with Crippen molar-refractivity contribution in [2.75, 3.05) is 13.7 Å². The molecule has 8 nitrogen and oxygen atoms in total. The number of carbonyl (C=O) groups excluding carboxylic acids is 2. The Balaban J connectivity index is 2.16. The molecule has 164 valence electrons. The molecular formula is C23H26N2O6. The molecule has 0 aromatic heterocycles. The quantitative estimate of drug-likeness (QED) is 0.585. The number of carbonyl (C=O) groups is 2. The van der Waals surface area contributed by atoms with Gasteiger partial charge in [0.05, 0.1) is 37.1 Å². The monoisotopic (exact) mass is 426 g/mol. The van der Waals surface area contributed by atoms with Crippen LogP contribution in [-0.4, -0.2) is 36.9 Å². The van der Waals surface area contributed by atoms with Crippen molar-refractivity contribution in [2.45, 2.75) is 32.9 Å². The lowest BCUT2D eigenvalue weighted by Gasteiger charge is -2.30. The lowest BCUT2D eigenvalue weighted by Crippen LogP contribution is -2.45. The van der Waals surface area contributed by atoms with E-state index >= 15 is 0 Å². The zero-order valence-corrected chi connectivity index (χ0v) is 17.9. The van der Waals surface area contributed by atoms with Gasteiger partial charge in [-0.05, 0) is 68.3 Å². The number of rotatable bonds is 7. The van der Waals surface area contributed by atoms with E-state index in [9.17, 15) is 14.7 Å². The number of nitrogens with one attached hydrogen (secondary N) is 2. The predicted octanol–water partition coefficient (Wildman–Crippen LogP) is 3.52. The van der Waals surface area contributed by atoms with Crippen LogP contribution in [0.2, 0.25) is 0 Å². The normalized spacial score (nSPS) is 15.9. The van der Waals surface area contributed by atoms with Crippen molar-refractivity contribution in [1.29, 1.82) is 0 Å². The van der Waals surface area contributed by atoms with Gasteiger partial charge in [0, 0.05) is 0 Å². The summed E-state index contributed by atoms with van der Waals surface area (Å²) in [5.41, 5.74) is 1.78. The zero-order chi connectivity index (χ0) is 22.5. The molecule has 1 aliphatic heterocycles. The maximum Gasteiger partial charge on any atom is 0.338 e. The molecule has 2 aromatic carbocycles. The van der Waals surface area contributed by atoms with Gasteiger partial charge in [-0.25, -0.2) is 9.59 Å². The number of hydrogen-bond donors (Lipinski definition) is 3. The van der Waals surface area contributed by atoms with Crippen LogP contribution in [0.4, 0.5) is 4.79 Å². The number of aromatic hydroxyl groups is 1. The van der Waals surface area contributed by atoms with E-state index in [0.29, 0.717) is 29.2 Å². The molecule has 8 heteroatoms. The zero-order valence-electron chi connectivity index (χ0n) is 17.9. The minimum Gasteiger partial charge on any atom is -0.504 e. The van der Waals surface area contributed by atoms with Crippen LogP contribution in [0.25, 0.3) is 5.70 Å². The molecule has 2 aromatic rings. The second-order valence-electron chi connectivity index (χ2n) is 7.16. The first kappa shape index (κ1) is 22.0. The third-order valence-corrected chi connectivity index (χ3v) is 4.63. The van der Waals surface area contributed by atoms with Crippen molar-refractivity contribution in [3.63, 3.8) is 0 Å². The van der Waals surface area contributed by atoms with E-state index in [1.807, 2.05) is 0 Å². The molecule has 0 aliphatic carbocycles. The second kappa shape index (κ2) is 9.42. The number of hydrogen-bond acceptors (Lipinski definition) is 6. The Bertz CT molecular complexity index is 998. The van der Waals surface area contributed by atoms with Crippen LogP contribution in [0.1, 0.15) is 37.9 Å². The average molecular weight is 426 g/mol. The Kier molecular flexibility index (Phi) is 6.69. The highest BCUT2D eigenvalue weighted by Gasteiger charge is 2.35. The summed E-state index contributed by atoms with van der Waals surface area (Å²) in [5, 5.41) is 15.6. The maximum atomic E-state index is 13.1. The van der Waals surface area contributed by atoms with Crippen LogP contribution < -0.4 is 20.1 Å². The van der Waals surface area contributed by atoms with E-state index in [-0.39, 0.29) is 23.2 Å². The largest absolute Gasteiger partial charge is 0.504 e. The molecule has 0 fully saturated rings. The third-order valence-electron chi connectivity index (χ3n) is 4.63. The molecule has 1 unspecified atom stereocenters. The van der Waals surface area contributed by atoms with E-state index in [1.165, 1.54) is 6.07 Å². The minimum atomic E-state index is -0.808. The van der Waals surface area contributed by atoms with Gasteiger partial charge in [0.1, 0.15) is 5.75 Å². The molecule has 2 amide bonds. The van der Waals surface area contributed by atoms with Gasteiger partial charge in [-0.3, -0.25) is 0 Å². The number of urea groups is 1. The van der Waals surface area contributed by atoms with Crippen LogP contribution in [-0.2, 0) is 9.53 Å². The van der Waals surface area contributed by atoms with Gasteiger partial charge >= 0.3 is 12.0 Å². The van der Waals surface area contributed by atoms with Crippen molar-refractivity contribution < 1.29 is 28.9 Å². The van der Waals surface area contributed by atoms with Crippen molar-refractivity contribution in [3.8, 4) is 17.2 Å². The molecule has 0 radical (unpaired) electrons. The Morgan fingerprint density at radius 1 is 1.16 bits per heavy atom. The molecule has 0 saturated carbocycles. The van der Waals surface area contributed by atoms with Crippen molar-refractivity contribution in [3.05, 3.63) is 59.2 Å². The predicted molar refractivity (Wildman–Crippen MR) is 115 cm³/mol. The molecule has 3 rings (SSSR count). The van der Waals surface area contributed by atoms with Crippen LogP contribution in [0.3, 0.4) is 0 Å². The summed E-state index contributed by atoms with van der Waals surface area (Å²) in [6.07, 6.45) is -0.353. The van der Waals surface area contributed by atoms with E-state index in [0.717, 1.165) is 0 Å². The molecule has 0 spiro atoms. The molecule has 3 N–H and O–H groups in total. The number of esters is 1. The van der Waals surface area contributed by atoms with E-state index in [2.05, 4.69) is 10.6 Å². The highest BCUT2D eigenvalue weighted by molar-refractivity contribution is 6.04. The van der Waals surface area contributed by atoms with E-state index in [1.54, 1.807) is 64.3 Å². The highest BCUT2D eigenvalue weighted by atomic mass is 16.5. The Hall–Kier alpha value is -3.68. The summed E-state index contributed by atoms with van der Waals surface area (Å²) >= 11 is 0. The van der Waals surface area contributed by atoms with Gasteiger partial charge in [0.2, 0.25) is 0 Å². The Morgan fingerprint density at radius 3 is 2.48 bits per heavy atom. The van der Waals surface area contributed by atoms with Crippen molar-refractivity contribution >= 4 is 17.7 Å². The summed E-state index contributed by atoms with van der Waals surface area (Å²) in [6.45, 7) is 5.66. The SMILES string of the molecule is CCOc1cc(C2NC(=O)NC(c3ccc(OC)cc3)=C2C(=O)OC(C)C)ccc1O. The Labute approximate surface area is 180 Å². The molecule has 1 heterocycles. The van der Waals surface area contributed by atoms with Crippen LogP contribution in [0.15, 0.2) is 48.0 Å². The molecule has 31 heavy (non-hydrogen) atoms. The van der Waals surface area contributed by atoms with Crippen LogP contribution >= 0.6 is 0 Å². The fourth-order valence-electron chi connectivity index (χ4n) is 3.28.